The Hall–Kier alpha value is -4.29. The molecule has 0 saturated carbocycles. The molecule has 1 aliphatic rings. The van der Waals surface area contributed by atoms with Gasteiger partial charge in [-0.2, -0.15) is 4.52 Å². The van der Waals surface area contributed by atoms with Crippen molar-refractivity contribution in [2.24, 2.45) is 0 Å². The highest BCUT2D eigenvalue weighted by molar-refractivity contribution is 5.99. The molecule has 0 aliphatic carbocycles. The summed E-state index contributed by atoms with van der Waals surface area (Å²) in [4.78, 5) is 56.7. The molecule has 0 radical (unpaired) electrons. The van der Waals surface area contributed by atoms with Crippen LogP contribution < -0.4 is 21.5 Å². The van der Waals surface area contributed by atoms with E-state index in [0.717, 1.165) is 16.8 Å². The van der Waals surface area contributed by atoms with E-state index in [1.165, 1.54) is 21.6 Å². The van der Waals surface area contributed by atoms with E-state index in [2.05, 4.69) is 26.0 Å². The van der Waals surface area contributed by atoms with Gasteiger partial charge in [0.25, 0.3) is 11.5 Å². The molecule has 0 saturated heterocycles. The Kier molecular flexibility index (Phi) is 6.24. The molecule has 13 heteroatoms. The number of rotatable bonds is 6. The van der Waals surface area contributed by atoms with Gasteiger partial charge in [-0.3, -0.25) is 19.7 Å². The second-order valence-electron chi connectivity index (χ2n) is 8.71. The van der Waals surface area contributed by atoms with Crippen LogP contribution in [0.4, 0.5) is 20.8 Å². The average molecular weight is 489 g/mol. The predicted octanol–water partition coefficient (Wildman–Crippen LogP) is 2.05. The number of amides is 4. The Morgan fingerprint density at radius 3 is 2.51 bits per heavy atom. The van der Waals surface area contributed by atoms with Crippen LogP contribution in [0.2, 0.25) is 0 Å². The molecule has 0 atom stereocenters. The summed E-state index contributed by atoms with van der Waals surface area (Å²) in [7, 11) is 0. The monoisotopic (exact) mass is 488 g/mol. The minimum atomic E-state index is -0.555. The lowest BCUT2D eigenvalue weighted by atomic mass is 10.2. The zero-order chi connectivity index (χ0) is 25.4. The van der Waals surface area contributed by atoms with Crippen LogP contribution in [0, 0.1) is 5.82 Å². The van der Waals surface area contributed by atoms with E-state index < -0.39 is 29.2 Å². The molecule has 4 amide bonds. The van der Waals surface area contributed by atoms with Gasteiger partial charge in [0.1, 0.15) is 29.5 Å². The number of fused-ring (bicyclic) bond motifs is 2. The number of carbonyl (C=O) groups is 3. The summed E-state index contributed by atoms with van der Waals surface area (Å²) in [5, 5.41) is 11.9. The Morgan fingerprint density at radius 1 is 1.14 bits per heavy atom. The maximum atomic E-state index is 13.2. The molecule has 4 heterocycles. The van der Waals surface area contributed by atoms with Crippen molar-refractivity contribution in [2.75, 3.05) is 10.6 Å². The van der Waals surface area contributed by atoms with Crippen LogP contribution in [-0.4, -0.2) is 54.0 Å². The van der Waals surface area contributed by atoms with Gasteiger partial charge in [-0.1, -0.05) is 0 Å². The molecule has 188 valence electrons. The van der Waals surface area contributed by atoms with Gasteiger partial charge in [0.2, 0.25) is 5.91 Å². The number of aromatic nitrogens is 4. The van der Waals surface area contributed by atoms with Crippen LogP contribution in [0.3, 0.4) is 0 Å². The minimum Gasteiger partial charge on any atom is -0.336 e. The maximum absolute atomic E-state index is 13.2. The van der Waals surface area contributed by atoms with Crippen molar-refractivity contribution in [1.29, 1.82) is 0 Å². The van der Waals surface area contributed by atoms with Crippen LogP contribution in [0.25, 0.3) is 5.65 Å². The van der Waals surface area contributed by atoms with Gasteiger partial charge in [0.15, 0.2) is 5.82 Å². The van der Waals surface area contributed by atoms with Gasteiger partial charge in [0.05, 0.1) is 18.3 Å². The molecular weight excluding hydrogens is 459 g/mol. The largest absolute Gasteiger partial charge is 0.336 e. The highest BCUT2D eigenvalue weighted by Gasteiger charge is 2.36. The molecule has 0 bridgehead atoms. The molecule has 0 aromatic carbocycles. The van der Waals surface area contributed by atoms with Crippen LogP contribution in [-0.2, 0) is 17.9 Å². The Bertz CT molecular complexity index is 1390. The molecule has 3 aromatic heterocycles. The highest BCUT2D eigenvalue weighted by Crippen LogP contribution is 2.25. The third-order valence-corrected chi connectivity index (χ3v) is 5.35. The van der Waals surface area contributed by atoms with Gasteiger partial charge < -0.3 is 20.1 Å². The van der Waals surface area contributed by atoms with Crippen LogP contribution in [0.15, 0.2) is 29.2 Å². The molecule has 0 fully saturated rings. The van der Waals surface area contributed by atoms with Gasteiger partial charge in [-0.15, -0.1) is 5.10 Å². The number of hydrogen-bond donors (Lipinski definition) is 3. The number of pyridine rings is 1. The number of nitrogens with one attached hydrogen (secondary N) is 3. The summed E-state index contributed by atoms with van der Waals surface area (Å²) in [6, 6.07) is 3.05. The topological polar surface area (TPSA) is 143 Å². The molecule has 12 nitrogen and oxygen atoms in total. The fourth-order valence-corrected chi connectivity index (χ4v) is 3.81. The van der Waals surface area contributed by atoms with Crippen molar-refractivity contribution in [1.82, 2.24) is 29.4 Å². The summed E-state index contributed by atoms with van der Waals surface area (Å²) < 4.78 is 15.6. The zero-order valence-electron chi connectivity index (χ0n) is 19.6. The first-order chi connectivity index (χ1) is 16.5. The molecule has 3 N–H and O–H groups in total. The smallest absolute Gasteiger partial charge is 0.320 e. The van der Waals surface area contributed by atoms with Crippen LogP contribution in [0.5, 0.6) is 0 Å². The van der Waals surface area contributed by atoms with Gasteiger partial charge >= 0.3 is 6.03 Å². The second kappa shape index (κ2) is 9.16. The van der Waals surface area contributed by atoms with Crippen molar-refractivity contribution in [3.05, 3.63) is 51.8 Å². The maximum Gasteiger partial charge on any atom is 0.320 e. The van der Waals surface area contributed by atoms with E-state index >= 15 is 0 Å². The number of hydrogen-bond acceptors (Lipinski definition) is 6. The molecular formula is C22H29FN8O4. The number of urea groups is 1. The van der Waals surface area contributed by atoms with E-state index in [9.17, 15) is 23.6 Å². The molecule has 35 heavy (non-hydrogen) atoms. The van der Waals surface area contributed by atoms with Gasteiger partial charge in [-0.25, -0.2) is 14.2 Å². The molecule has 4 rings (SSSR count). The Balaban J connectivity index is 0.00000241. The summed E-state index contributed by atoms with van der Waals surface area (Å²) in [6.07, 6.45) is 0.964. The summed E-state index contributed by atoms with van der Waals surface area (Å²) in [5.41, 5.74) is -0.0860. The number of nitrogens with zero attached hydrogens (tertiary/aromatic N) is 5. The normalized spacial score (nSPS) is 13.0. The number of halogens is 1. The summed E-state index contributed by atoms with van der Waals surface area (Å²) in [6.45, 7) is 6.94. The third-order valence-electron chi connectivity index (χ3n) is 5.35. The van der Waals surface area contributed by atoms with Crippen molar-refractivity contribution in [2.45, 2.75) is 52.9 Å². The number of carbonyl (C=O) groups excluding carboxylic acids is 3. The molecule has 1 aliphatic heterocycles. The zero-order valence-corrected chi connectivity index (χ0v) is 19.6. The van der Waals surface area contributed by atoms with E-state index in [1.807, 2.05) is 13.8 Å². The van der Waals surface area contributed by atoms with E-state index in [0.29, 0.717) is 0 Å². The fraction of sp³-hybridized carbons (Fsp3) is 0.364. The van der Waals surface area contributed by atoms with E-state index in [-0.39, 0.29) is 56.6 Å². The lowest BCUT2D eigenvalue weighted by Crippen LogP contribution is -2.34. The quantitative estimate of drug-likeness (QED) is 0.485. The first-order valence-corrected chi connectivity index (χ1v) is 11.0. The van der Waals surface area contributed by atoms with Crippen molar-refractivity contribution in [3.8, 4) is 0 Å². The third kappa shape index (κ3) is 4.69. The number of anilines is 2. The minimum absolute atomic E-state index is 0. The lowest BCUT2D eigenvalue weighted by molar-refractivity contribution is -0.116. The van der Waals surface area contributed by atoms with Gasteiger partial charge in [0, 0.05) is 21.0 Å². The lowest BCUT2D eigenvalue weighted by Gasteiger charge is -2.20. The average Bonchev–Trinajstić information content (AvgIpc) is 3.34. The second-order valence-corrected chi connectivity index (χ2v) is 8.71. The van der Waals surface area contributed by atoms with Crippen molar-refractivity contribution >= 4 is 35.1 Å². The van der Waals surface area contributed by atoms with Crippen LogP contribution >= 0.6 is 0 Å². The van der Waals surface area contributed by atoms with Crippen LogP contribution in [0.1, 0.15) is 46.6 Å². The molecule has 0 unspecified atom stereocenters. The van der Waals surface area contributed by atoms with Gasteiger partial charge in [-0.05, 0) is 39.8 Å². The standard InChI is InChI=1S/C22H25FN8O4.2H2/c1-11(2)25-22(35)27-16-7-18-30(10-17(32)26-15-6-5-13(23)8-24-15)19-14(20(33)31(18)28-16)9-29(12(3)4)21(19)34;;/h5-8,11-12H,9-10H2,1-4H3,(H,24,26,32)(H2,25,27,28,35);2*1H. The van der Waals surface area contributed by atoms with E-state index in [4.69, 9.17) is 0 Å². The first-order valence-electron chi connectivity index (χ1n) is 11.0. The summed E-state index contributed by atoms with van der Waals surface area (Å²) in [5.74, 6) is -1.30. The van der Waals surface area contributed by atoms with Crippen molar-refractivity contribution in [3.63, 3.8) is 0 Å². The Morgan fingerprint density at radius 2 is 1.89 bits per heavy atom. The fourth-order valence-electron chi connectivity index (χ4n) is 3.81. The molecule has 0 spiro atoms. The predicted molar refractivity (Wildman–Crippen MR) is 129 cm³/mol. The summed E-state index contributed by atoms with van der Waals surface area (Å²) >= 11 is 0. The van der Waals surface area contributed by atoms with Crippen molar-refractivity contribution < 1.29 is 21.6 Å². The first kappa shape index (κ1) is 23.9. The van der Waals surface area contributed by atoms with E-state index in [1.54, 1.807) is 13.8 Å². The SMILES string of the molecule is CC(C)NC(=O)Nc1cc2n(CC(=O)Nc3ccc(F)cn3)c3c(c(=O)n2n1)CN(C(C)C)C3=O.[HH].[HH]. The Labute approximate surface area is 202 Å². The highest BCUT2D eigenvalue weighted by atomic mass is 19.1. The molecule has 3 aromatic rings.